The Kier molecular flexibility index (Phi) is 7.43. The molecule has 182 valence electrons. The lowest BCUT2D eigenvalue weighted by Gasteiger charge is -2.34. The standard InChI is InChI=1S/C25H24F5NO3/c1-14(2)13-34-24(33)23-15(3)31(12-16-8-19(26)10-20(27)9-16)22(32)11-21(23)17-4-6-18(7-5-17)25(28,29)30/h4-10,14,21H,11-13H2,1-3H3/t21-/m0/s1. The molecule has 0 saturated carbocycles. The van der Waals surface area contributed by atoms with Gasteiger partial charge in [-0.25, -0.2) is 13.6 Å². The smallest absolute Gasteiger partial charge is 0.416 e. The van der Waals surface area contributed by atoms with Gasteiger partial charge in [0.15, 0.2) is 0 Å². The maximum absolute atomic E-state index is 13.6. The van der Waals surface area contributed by atoms with E-state index in [0.29, 0.717) is 11.6 Å². The molecule has 1 amide bonds. The molecule has 1 aliphatic rings. The average molecular weight is 481 g/mol. The number of ether oxygens (including phenoxy) is 1. The number of hydrogen-bond acceptors (Lipinski definition) is 3. The van der Waals surface area contributed by atoms with E-state index in [0.717, 1.165) is 24.3 Å². The number of carbonyl (C=O) groups is 2. The van der Waals surface area contributed by atoms with E-state index in [9.17, 15) is 31.5 Å². The molecule has 0 fully saturated rings. The van der Waals surface area contributed by atoms with E-state index in [1.165, 1.54) is 24.0 Å². The van der Waals surface area contributed by atoms with E-state index in [4.69, 9.17) is 4.74 Å². The summed E-state index contributed by atoms with van der Waals surface area (Å²) in [6.07, 6.45) is -4.74. The molecule has 0 bridgehead atoms. The Morgan fingerprint density at radius 3 is 2.21 bits per heavy atom. The Hall–Kier alpha value is -3.23. The minimum absolute atomic E-state index is 0.0333. The summed E-state index contributed by atoms with van der Waals surface area (Å²) in [6, 6.07) is 7.15. The monoisotopic (exact) mass is 481 g/mol. The molecule has 0 N–H and O–H groups in total. The summed E-state index contributed by atoms with van der Waals surface area (Å²) >= 11 is 0. The van der Waals surface area contributed by atoms with Gasteiger partial charge >= 0.3 is 12.1 Å². The van der Waals surface area contributed by atoms with Crippen LogP contribution in [-0.2, 0) is 27.0 Å². The van der Waals surface area contributed by atoms with Crippen LogP contribution in [0.2, 0.25) is 0 Å². The lowest BCUT2D eigenvalue weighted by atomic mass is 9.83. The van der Waals surface area contributed by atoms with E-state index >= 15 is 0 Å². The zero-order chi connectivity index (χ0) is 25.2. The van der Waals surface area contributed by atoms with Gasteiger partial charge in [-0.1, -0.05) is 26.0 Å². The quantitative estimate of drug-likeness (QED) is 0.377. The van der Waals surface area contributed by atoms with Crippen molar-refractivity contribution in [3.8, 4) is 0 Å². The van der Waals surface area contributed by atoms with Crippen LogP contribution in [0.1, 0.15) is 49.8 Å². The van der Waals surface area contributed by atoms with Gasteiger partial charge in [-0.05, 0) is 48.2 Å². The molecule has 1 heterocycles. The Labute approximate surface area is 194 Å². The average Bonchev–Trinajstić information content (AvgIpc) is 2.73. The maximum atomic E-state index is 13.6. The third kappa shape index (κ3) is 5.81. The van der Waals surface area contributed by atoms with Crippen LogP contribution in [0.4, 0.5) is 22.0 Å². The number of carbonyl (C=O) groups excluding carboxylic acids is 2. The second kappa shape index (κ2) is 9.95. The molecule has 0 unspecified atom stereocenters. The fraction of sp³-hybridized carbons (Fsp3) is 0.360. The fourth-order valence-corrected chi connectivity index (χ4v) is 3.86. The van der Waals surface area contributed by atoms with Crippen LogP contribution in [0.3, 0.4) is 0 Å². The molecule has 0 spiro atoms. The van der Waals surface area contributed by atoms with Gasteiger partial charge in [0.2, 0.25) is 5.91 Å². The molecule has 2 aromatic rings. The molecule has 0 radical (unpaired) electrons. The van der Waals surface area contributed by atoms with E-state index < -0.39 is 41.2 Å². The first-order valence-electron chi connectivity index (χ1n) is 10.7. The highest BCUT2D eigenvalue weighted by atomic mass is 19.4. The number of benzene rings is 2. The Morgan fingerprint density at radius 2 is 1.68 bits per heavy atom. The molecule has 3 rings (SSSR count). The predicted molar refractivity (Wildman–Crippen MR) is 114 cm³/mol. The van der Waals surface area contributed by atoms with Gasteiger partial charge < -0.3 is 9.64 Å². The van der Waals surface area contributed by atoms with Crippen molar-refractivity contribution in [3.63, 3.8) is 0 Å². The Morgan fingerprint density at radius 1 is 1.09 bits per heavy atom. The zero-order valence-electron chi connectivity index (χ0n) is 18.9. The minimum atomic E-state index is -4.53. The molecule has 4 nitrogen and oxygen atoms in total. The van der Waals surface area contributed by atoms with Gasteiger partial charge in [-0.2, -0.15) is 13.2 Å². The number of allylic oxidation sites excluding steroid dienone is 1. The van der Waals surface area contributed by atoms with Crippen LogP contribution in [0.15, 0.2) is 53.7 Å². The first-order valence-corrected chi connectivity index (χ1v) is 10.7. The largest absolute Gasteiger partial charge is 0.462 e. The van der Waals surface area contributed by atoms with Crippen LogP contribution >= 0.6 is 0 Å². The summed E-state index contributed by atoms with van der Waals surface area (Å²) in [5, 5.41) is 0. The number of alkyl halides is 3. The summed E-state index contributed by atoms with van der Waals surface area (Å²) < 4.78 is 71.6. The zero-order valence-corrected chi connectivity index (χ0v) is 18.9. The lowest BCUT2D eigenvalue weighted by molar-refractivity contribution is -0.141. The molecule has 1 atom stereocenters. The summed E-state index contributed by atoms with van der Waals surface area (Å²) in [5.74, 6) is -3.53. The van der Waals surface area contributed by atoms with Crippen LogP contribution in [0.25, 0.3) is 0 Å². The van der Waals surface area contributed by atoms with Gasteiger partial charge in [0.1, 0.15) is 11.6 Å². The Balaban J connectivity index is 2.02. The molecule has 0 aromatic heterocycles. The molecular weight excluding hydrogens is 457 g/mol. The van der Waals surface area contributed by atoms with E-state index in [1.807, 2.05) is 13.8 Å². The third-order valence-corrected chi connectivity index (χ3v) is 5.49. The van der Waals surface area contributed by atoms with Gasteiger partial charge in [-0.15, -0.1) is 0 Å². The highest BCUT2D eigenvalue weighted by Crippen LogP contribution is 2.39. The fourth-order valence-electron chi connectivity index (χ4n) is 3.86. The summed E-state index contributed by atoms with van der Waals surface area (Å²) in [4.78, 5) is 27.2. The number of rotatable bonds is 6. The SMILES string of the molecule is CC1=C(C(=O)OCC(C)C)[C@H](c2ccc(C(F)(F)F)cc2)CC(=O)N1Cc1cc(F)cc(F)c1. The van der Waals surface area contributed by atoms with Crippen molar-refractivity contribution in [2.24, 2.45) is 5.92 Å². The first-order chi connectivity index (χ1) is 15.9. The maximum Gasteiger partial charge on any atom is 0.416 e. The second-order valence-corrected chi connectivity index (χ2v) is 8.63. The van der Waals surface area contributed by atoms with Crippen molar-refractivity contribution >= 4 is 11.9 Å². The van der Waals surface area contributed by atoms with Gasteiger partial charge in [0.05, 0.1) is 24.3 Å². The number of halogens is 5. The summed E-state index contributed by atoms with van der Waals surface area (Å²) in [7, 11) is 0. The highest BCUT2D eigenvalue weighted by molar-refractivity contribution is 5.95. The topological polar surface area (TPSA) is 46.6 Å². The normalized spacial score (nSPS) is 16.9. The predicted octanol–water partition coefficient (Wildman–Crippen LogP) is 5.97. The van der Waals surface area contributed by atoms with Crippen molar-refractivity contribution in [1.82, 2.24) is 4.90 Å². The van der Waals surface area contributed by atoms with Gasteiger partial charge in [0, 0.05) is 24.1 Å². The highest BCUT2D eigenvalue weighted by Gasteiger charge is 2.38. The molecule has 0 aliphatic carbocycles. The third-order valence-electron chi connectivity index (χ3n) is 5.49. The molecule has 2 aromatic carbocycles. The number of amides is 1. The van der Waals surface area contributed by atoms with Gasteiger partial charge in [-0.3, -0.25) is 4.79 Å². The number of esters is 1. The van der Waals surface area contributed by atoms with Gasteiger partial charge in [0.25, 0.3) is 0 Å². The van der Waals surface area contributed by atoms with Crippen molar-refractivity contribution in [1.29, 1.82) is 0 Å². The van der Waals surface area contributed by atoms with Crippen molar-refractivity contribution in [3.05, 3.63) is 82.1 Å². The minimum Gasteiger partial charge on any atom is -0.462 e. The number of nitrogens with zero attached hydrogens (tertiary/aromatic N) is 1. The van der Waals surface area contributed by atoms with E-state index in [-0.39, 0.29) is 42.3 Å². The summed E-state index contributed by atoms with van der Waals surface area (Å²) in [6.45, 7) is 5.13. The molecule has 1 aliphatic heterocycles. The first kappa shape index (κ1) is 25.4. The molecular formula is C25H24F5NO3. The van der Waals surface area contributed by atoms with Crippen LogP contribution in [-0.4, -0.2) is 23.4 Å². The van der Waals surface area contributed by atoms with Crippen molar-refractivity contribution < 1.29 is 36.3 Å². The number of hydrogen-bond donors (Lipinski definition) is 0. The Bertz CT molecular complexity index is 1090. The van der Waals surface area contributed by atoms with Crippen molar-refractivity contribution in [2.45, 2.75) is 45.8 Å². The van der Waals surface area contributed by atoms with Crippen LogP contribution < -0.4 is 0 Å². The molecule has 0 saturated heterocycles. The van der Waals surface area contributed by atoms with Crippen LogP contribution in [0, 0.1) is 17.6 Å². The second-order valence-electron chi connectivity index (χ2n) is 8.63. The molecule has 9 heteroatoms. The molecule has 34 heavy (non-hydrogen) atoms. The van der Waals surface area contributed by atoms with Crippen LogP contribution in [0.5, 0.6) is 0 Å². The van der Waals surface area contributed by atoms with E-state index in [1.54, 1.807) is 0 Å². The van der Waals surface area contributed by atoms with E-state index in [2.05, 4.69) is 0 Å². The summed E-state index contributed by atoms with van der Waals surface area (Å²) in [5.41, 5.74) is 0.0379. The lowest BCUT2D eigenvalue weighted by Crippen LogP contribution is -2.38. The van der Waals surface area contributed by atoms with Crippen molar-refractivity contribution in [2.75, 3.05) is 6.61 Å².